The number of aryl methyl sites for hydroxylation is 2. The molecule has 2 aromatic heterocycles. The van der Waals surface area contributed by atoms with Crippen LogP contribution in [0.4, 0.5) is 0 Å². The third kappa shape index (κ3) is 3.32. The van der Waals surface area contributed by atoms with Crippen LogP contribution in [-0.2, 0) is 13.0 Å². The summed E-state index contributed by atoms with van der Waals surface area (Å²) >= 11 is 5.40. The van der Waals surface area contributed by atoms with Gasteiger partial charge in [-0.3, -0.25) is 4.68 Å². The monoisotopic (exact) mass is 355 g/mol. The molecular formula is C15H22BrN3S. The first-order valence-electron chi connectivity index (χ1n) is 7.22. The summed E-state index contributed by atoms with van der Waals surface area (Å²) < 4.78 is 3.30. The van der Waals surface area contributed by atoms with Crippen LogP contribution in [0.25, 0.3) is 0 Å². The van der Waals surface area contributed by atoms with Crippen LogP contribution in [0.1, 0.15) is 50.2 Å². The number of hydrogen-bond donors (Lipinski definition) is 1. The van der Waals surface area contributed by atoms with Crippen LogP contribution in [0.15, 0.2) is 21.3 Å². The van der Waals surface area contributed by atoms with Gasteiger partial charge in [0.15, 0.2) is 0 Å². The fraction of sp³-hybridized carbons (Fsp3) is 0.533. The zero-order valence-corrected chi connectivity index (χ0v) is 14.7. The summed E-state index contributed by atoms with van der Waals surface area (Å²) in [6, 6.07) is 2.45. The van der Waals surface area contributed by atoms with Gasteiger partial charge in [0, 0.05) is 16.4 Å². The molecule has 0 aliphatic carbocycles. The highest BCUT2D eigenvalue weighted by atomic mass is 79.9. The second kappa shape index (κ2) is 7.38. The van der Waals surface area contributed by atoms with Crippen molar-refractivity contribution < 1.29 is 0 Å². The van der Waals surface area contributed by atoms with Crippen molar-refractivity contribution in [3.05, 3.63) is 38.3 Å². The second-order valence-corrected chi connectivity index (χ2v) is 6.39. The molecule has 2 heterocycles. The first-order chi connectivity index (χ1) is 9.71. The fourth-order valence-corrected chi connectivity index (χ4v) is 3.86. The Morgan fingerprint density at radius 2 is 2.15 bits per heavy atom. The van der Waals surface area contributed by atoms with Crippen LogP contribution in [0.3, 0.4) is 0 Å². The van der Waals surface area contributed by atoms with E-state index in [1.807, 2.05) is 0 Å². The molecule has 5 heteroatoms. The maximum atomic E-state index is 4.68. The molecule has 2 rings (SSSR count). The average molecular weight is 356 g/mol. The van der Waals surface area contributed by atoms with Gasteiger partial charge < -0.3 is 5.32 Å². The van der Waals surface area contributed by atoms with E-state index in [2.05, 4.69) is 68.6 Å². The van der Waals surface area contributed by atoms with Gasteiger partial charge in [-0.15, -0.1) is 0 Å². The Labute approximate surface area is 133 Å². The minimum atomic E-state index is 0.211. The highest BCUT2D eigenvalue weighted by Crippen LogP contribution is 2.32. The Kier molecular flexibility index (Phi) is 5.81. The molecule has 2 aromatic rings. The molecule has 0 radical (unpaired) electrons. The van der Waals surface area contributed by atoms with E-state index >= 15 is 0 Å². The van der Waals surface area contributed by atoms with Crippen molar-refractivity contribution in [1.82, 2.24) is 15.1 Å². The summed E-state index contributed by atoms with van der Waals surface area (Å²) in [6.07, 6.45) is 2.10. The topological polar surface area (TPSA) is 29.9 Å². The molecule has 0 aliphatic rings. The number of nitrogens with zero attached hydrogens (tertiary/aromatic N) is 2. The third-order valence-corrected chi connectivity index (χ3v) is 5.12. The van der Waals surface area contributed by atoms with Crippen molar-refractivity contribution >= 4 is 27.3 Å². The predicted octanol–water partition coefficient (Wildman–Crippen LogP) is 4.38. The van der Waals surface area contributed by atoms with Crippen molar-refractivity contribution in [3.63, 3.8) is 0 Å². The van der Waals surface area contributed by atoms with E-state index in [1.54, 1.807) is 11.3 Å². The van der Waals surface area contributed by atoms with E-state index in [4.69, 9.17) is 0 Å². The highest BCUT2D eigenvalue weighted by molar-refractivity contribution is 9.10. The van der Waals surface area contributed by atoms with Crippen LogP contribution >= 0.6 is 27.3 Å². The zero-order chi connectivity index (χ0) is 14.5. The van der Waals surface area contributed by atoms with E-state index in [0.29, 0.717) is 0 Å². The van der Waals surface area contributed by atoms with Gasteiger partial charge in [-0.25, -0.2) is 0 Å². The Hall–Kier alpha value is -0.650. The Morgan fingerprint density at radius 1 is 1.35 bits per heavy atom. The minimum absolute atomic E-state index is 0.211. The van der Waals surface area contributed by atoms with E-state index in [0.717, 1.165) is 31.6 Å². The molecule has 1 unspecified atom stereocenters. The number of halogens is 1. The summed E-state index contributed by atoms with van der Waals surface area (Å²) in [5.41, 5.74) is 3.73. The van der Waals surface area contributed by atoms with Gasteiger partial charge in [0.2, 0.25) is 0 Å². The van der Waals surface area contributed by atoms with Crippen LogP contribution < -0.4 is 5.32 Å². The molecule has 3 nitrogen and oxygen atoms in total. The molecular weight excluding hydrogens is 334 g/mol. The van der Waals surface area contributed by atoms with E-state index in [1.165, 1.54) is 15.7 Å². The van der Waals surface area contributed by atoms with Crippen molar-refractivity contribution in [2.24, 2.45) is 0 Å². The van der Waals surface area contributed by atoms with Gasteiger partial charge >= 0.3 is 0 Å². The summed E-state index contributed by atoms with van der Waals surface area (Å²) in [5, 5.41) is 12.7. The highest BCUT2D eigenvalue weighted by Gasteiger charge is 2.21. The number of hydrogen-bond acceptors (Lipinski definition) is 3. The maximum Gasteiger partial charge on any atom is 0.0767 e. The van der Waals surface area contributed by atoms with Crippen LogP contribution in [0.2, 0.25) is 0 Å². The van der Waals surface area contributed by atoms with Gasteiger partial charge in [0.1, 0.15) is 0 Å². The Bertz CT molecular complexity index is 547. The largest absolute Gasteiger partial charge is 0.305 e. The molecule has 0 bridgehead atoms. The molecule has 1 N–H and O–H groups in total. The standard InChI is InChI=1S/C15H22BrN3S/c1-4-7-17-15(12-9-20-10-13(12)16)14-8-11(5-2)18-19(14)6-3/h8-10,15,17H,4-7H2,1-3H3. The van der Waals surface area contributed by atoms with Gasteiger partial charge in [0.05, 0.1) is 17.4 Å². The maximum absolute atomic E-state index is 4.68. The van der Waals surface area contributed by atoms with Gasteiger partial charge in [0.25, 0.3) is 0 Å². The Morgan fingerprint density at radius 3 is 2.70 bits per heavy atom. The normalized spacial score (nSPS) is 12.8. The molecule has 0 fully saturated rings. The summed E-state index contributed by atoms with van der Waals surface area (Å²) in [5.74, 6) is 0. The summed E-state index contributed by atoms with van der Waals surface area (Å²) in [7, 11) is 0. The van der Waals surface area contributed by atoms with Crippen molar-refractivity contribution in [2.75, 3.05) is 6.54 Å². The molecule has 20 heavy (non-hydrogen) atoms. The lowest BCUT2D eigenvalue weighted by Crippen LogP contribution is -2.25. The van der Waals surface area contributed by atoms with Gasteiger partial charge in [-0.1, -0.05) is 13.8 Å². The van der Waals surface area contributed by atoms with Gasteiger partial charge in [-0.2, -0.15) is 16.4 Å². The molecule has 0 aliphatic heterocycles. The van der Waals surface area contributed by atoms with Crippen molar-refractivity contribution in [1.29, 1.82) is 0 Å². The quantitative estimate of drug-likeness (QED) is 0.798. The number of nitrogens with one attached hydrogen (secondary N) is 1. The van der Waals surface area contributed by atoms with E-state index < -0.39 is 0 Å². The second-order valence-electron chi connectivity index (χ2n) is 4.79. The van der Waals surface area contributed by atoms with E-state index in [9.17, 15) is 0 Å². The van der Waals surface area contributed by atoms with Crippen LogP contribution in [0.5, 0.6) is 0 Å². The zero-order valence-electron chi connectivity index (χ0n) is 12.3. The first-order valence-corrected chi connectivity index (χ1v) is 8.96. The molecule has 0 spiro atoms. The Balaban J connectivity index is 2.40. The lowest BCUT2D eigenvalue weighted by atomic mass is 10.1. The lowest BCUT2D eigenvalue weighted by molar-refractivity contribution is 0.528. The van der Waals surface area contributed by atoms with Crippen molar-refractivity contribution in [3.8, 4) is 0 Å². The lowest BCUT2D eigenvalue weighted by Gasteiger charge is -2.19. The third-order valence-electron chi connectivity index (χ3n) is 3.37. The summed E-state index contributed by atoms with van der Waals surface area (Å²) in [4.78, 5) is 0. The van der Waals surface area contributed by atoms with Crippen LogP contribution in [-0.4, -0.2) is 16.3 Å². The fourth-order valence-electron chi connectivity index (χ4n) is 2.31. The summed E-state index contributed by atoms with van der Waals surface area (Å²) in [6.45, 7) is 8.41. The average Bonchev–Trinajstić information content (AvgIpc) is 3.06. The smallest absolute Gasteiger partial charge is 0.0767 e. The van der Waals surface area contributed by atoms with E-state index in [-0.39, 0.29) is 6.04 Å². The number of rotatable bonds is 7. The first kappa shape index (κ1) is 15.7. The number of thiophene rings is 1. The molecule has 0 aromatic carbocycles. The SMILES string of the molecule is CCCNC(c1cscc1Br)c1cc(CC)nn1CC. The molecule has 0 saturated heterocycles. The minimum Gasteiger partial charge on any atom is -0.305 e. The molecule has 0 saturated carbocycles. The molecule has 0 amide bonds. The number of aromatic nitrogens is 2. The van der Waals surface area contributed by atoms with Gasteiger partial charge in [-0.05, 0) is 59.2 Å². The molecule has 110 valence electrons. The molecule has 1 atom stereocenters. The van der Waals surface area contributed by atoms with Crippen LogP contribution in [0, 0.1) is 0 Å². The predicted molar refractivity (Wildman–Crippen MR) is 89.4 cm³/mol. The van der Waals surface area contributed by atoms with Crippen molar-refractivity contribution in [2.45, 2.75) is 46.2 Å².